The molecule has 4 rings (SSSR count). The Balaban J connectivity index is 1.50. The standard InChI is InChI=1S/C21H17N3O3S2/c1-14-6-2-3-7-17(14)24-29(26,27)16-12-10-15(11-13-16)20(25)23-21-22-18-8-4-5-9-19(18)28-21/h2-13,24H,1H3,(H,22,23,25). The lowest BCUT2D eigenvalue weighted by Gasteiger charge is -2.10. The van der Waals surface area contributed by atoms with Gasteiger partial charge in [0.15, 0.2) is 5.13 Å². The van der Waals surface area contributed by atoms with Crippen molar-refractivity contribution in [1.29, 1.82) is 0 Å². The van der Waals surface area contributed by atoms with Crippen molar-refractivity contribution in [3.8, 4) is 0 Å². The number of carbonyl (C=O) groups excluding carboxylic acids is 1. The highest BCUT2D eigenvalue weighted by Gasteiger charge is 2.16. The van der Waals surface area contributed by atoms with Gasteiger partial charge in [-0.2, -0.15) is 0 Å². The first-order chi connectivity index (χ1) is 13.9. The smallest absolute Gasteiger partial charge is 0.261 e. The molecule has 29 heavy (non-hydrogen) atoms. The van der Waals surface area contributed by atoms with Crippen LogP contribution in [0.3, 0.4) is 0 Å². The lowest BCUT2D eigenvalue weighted by atomic mass is 10.2. The van der Waals surface area contributed by atoms with Gasteiger partial charge in [-0.25, -0.2) is 13.4 Å². The van der Waals surface area contributed by atoms with E-state index in [4.69, 9.17) is 0 Å². The SMILES string of the molecule is Cc1ccccc1NS(=O)(=O)c1ccc(C(=O)Nc2nc3ccccc3s2)cc1. The second kappa shape index (κ2) is 7.65. The van der Waals surface area contributed by atoms with E-state index in [1.165, 1.54) is 35.6 Å². The highest BCUT2D eigenvalue weighted by molar-refractivity contribution is 7.92. The minimum Gasteiger partial charge on any atom is -0.298 e. The van der Waals surface area contributed by atoms with Gasteiger partial charge in [-0.1, -0.05) is 41.7 Å². The third-order valence-corrected chi connectivity index (χ3v) is 6.66. The second-order valence-electron chi connectivity index (χ2n) is 6.39. The van der Waals surface area contributed by atoms with Gasteiger partial charge < -0.3 is 0 Å². The zero-order chi connectivity index (χ0) is 20.4. The molecule has 0 atom stereocenters. The first-order valence-electron chi connectivity index (χ1n) is 8.78. The number of thiazole rings is 1. The van der Waals surface area contributed by atoms with Gasteiger partial charge in [-0.05, 0) is 55.0 Å². The number of fused-ring (bicyclic) bond motifs is 1. The summed E-state index contributed by atoms with van der Waals surface area (Å²) in [6.45, 7) is 1.83. The van der Waals surface area contributed by atoms with Crippen LogP contribution in [-0.2, 0) is 10.0 Å². The third kappa shape index (κ3) is 4.13. The molecule has 0 spiro atoms. The molecule has 0 saturated carbocycles. The number of hydrogen-bond donors (Lipinski definition) is 2. The Morgan fingerprint density at radius 2 is 1.62 bits per heavy atom. The Kier molecular flexibility index (Phi) is 5.04. The third-order valence-electron chi connectivity index (χ3n) is 4.33. The maximum absolute atomic E-state index is 12.6. The predicted octanol–water partition coefficient (Wildman–Crippen LogP) is 4.66. The average molecular weight is 424 g/mol. The molecule has 2 N–H and O–H groups in total. The van der Waals surface area contributed by atoms with E-state index in [0.29, 0.717) is 16.4 Å². The molecule has 0 aliphatic carbocycles. The Bertz CT molecular complexity index is 1260. The van der Waals surface area contributed by atoms with Gasteiger partial charge in [0.2, 0.25) is 0 Å². The largest absolute Gasteiger partial charge is 0.298 e. The number of sulfonamides is 1. The van der Waals surface area contributed by atoms with Crippen LogP contribution in [0.15, 0.2) is 77.7 Å². The van der Waals surface area contributed by atoms with Crippen molar-refractivity contribution in [2.75, 3.05) is 10.0 Å². The number of para-hydroxylation sites is 2. The predicted molar refractivity (Wildman–Crippen MR) is 116 cm³/mol. The molecule has 3 aromatic carbocycles. The number of amides is 1. The fourth-order valence-electron chi connectivity index (χ4n) is 2.77. The highest BCUT2D eigenvalue weighted by atomic mass is 32.2. The van der Waals surface area contributed by atoms with Gasteiger partial charge in [0, 0.05) is 5.56 Å². The molecule has 0 aliphatic heterocycles. The van der Waals surface area contributed by atoms with Crippen molar-refractivity contribution < 1.29 is 13.2 Å². The molecule has 1 aromatic heterocycles. The molecular formula is C21H17N3O3S2. The highest BCUT2D eigenvalue weighted by Crippen LogP contribution is 2.26. The summed E-state index contributed by atoms with van der Waals surface area (Å²) < 4.78 is 28.8. The minimum absolute atomic E-state index is 0.0808. The molecule has 1 amide bonds. The van der Waals surface area contributed by atoms with Crippen LogP contribution in [0, 0.1) is 6.92 Å². The molecule has 6 nitrogen and oxygen atoms in total. The Morgan fingerprint density at radius 3 is 2.34 bits per heavy atom. The van der Waals surface area contributed by atoms with Gasteiger partial charge in [0.05, 0.1) is 20.8 Å². The summed E-state index contributed by atoms with van der Waals surface area (Å²) in [5.74, 6) is -0.347. The van der Waals surface area contributed by atoms with Crippen LogP contribution in [0.25, 0.3) is 10.2 Å². The van der Waals surface area contributed by atoms with Crippen molar-refractivity contribution in [1.82, 2.24) is 4.98 Å². The summed E-state index contributed by atoms with van der Waals surface area (Å²) in [7, 11) is -3.75. The summed E-state index contributed by atoms with van der Waals surface area (Å²) in [4.78, 5) is 16.9. The van der Waals surface area contributed by atoms with Crippen molar-refractivity contribution in [3.63, 3.8) is 0 Å². The first-order valence-corrected chi connectivity index (χ1v) is 11.1. The molecule has 8 heteroatoms. The molecule has 4 aromatic rings. The Labute approximate surface area is 172 Å². The van der Waals surface area contributed by atoms with E-state index < -0.39 is 10.0 Å². The summed E-state index contributed by atoms with van der Waals surface area (Å²) >= 11 is 1.38. The van der Waals surface area contributed by atoms with E-state index in [1.807, 2.05) is 43.3 Å². The monoisotopic (exact) mass is 423 g/mol. The fourth-order valence-corrected chi connectivity index (χ4v) is 4.76. The number of rotatable bonds is 5. The van der Waals surface area contributed by atoms with E-state index in [-0.39, 0.29) is 10.8 Å². The van der Waals surface area contributed by atoms with Crippen LogP contribution >= 0.6 is 11.3 Å². The quantitative estimate of drug-likeness (QED) is 0.489. The average Bonchev–Trinajstić information content (AvgIpc) is 3.12. The molecule has 0 saturated heterocycles. The first kappa shape index (κ1) is 19.1. The molecule has 0 unspecified atom stereocenters. The number of nitrogens with zero attached hydrogens (tertiary/aromatic N) is 1. The molecule has 1 heterocycles. The van der Waals surface area contributed by atoms with E-state index in [2.05, 4.69) is 15.0 Å². The van der Waals surface area contributed by atoms with Crippen molar-refractivity contribution in [2.45, 2.75) is 11.8 Å². The van der Waals surface area contributed by atoms with E-state index >= 15 is 0 Å². The van der Waals surface area contributed by atoms with Crippen LogP contribution < -0.4 is 10.0 Å². The minimum atomic E-state index is -3.75. The molecule has 0 aliphatic rings. The fraction of sp³-hybridized carbons (Fsp3) is 0.0476. The Hall–Kier alpha value is -3.23. The summed E-state index contributed by atoms with van der Waals surface area (Å²) in [6.07, 6.45) is 0. The number of benzene rings is 3. The van der Waals surface area contributed by atoms with Crippen LogP contribution in [-0.4, -0.2) is 19.3 Å². The molecule has 0 radical (unpaired) electrons. The molecule has 146 valence electrons. The molecule has 0 fully saturated rings. The molecular weight excluding hydrogens is 406 g/mol. The lowest BCUT2D eigenvalue weighted by molar-refractivity contribution is 0.102. The zero-order valence-corrected chi connectivity index (χ0v) is 17.0. The van der Waals surface area contributed by atoms with E-state index in [0.717, 1.165) is 15.8 Å². The second-order valence-corrected chi connectivity index (χ2v) is 9.10. The maximum Gasteiger partial charge on any atom is 0.261 e. The van der Waals surface area contributed by atoms with Crippen LogP contribution in [0.5, 0.6) is 0 Å². The normalized spacial score (nSPS) is 11.3. The Morgan fingerprint density at radius 1 is 0.931 bits per heavy atom. The van der Waals surface area contributed by atoms with Gasteiger partial charge >= 0.3 is 0 Å². The molecule has 0 bridgehead atoms. The van der Waals surface area contributed by atoms with Gasteiger partial charge in [-0.15, -0.1) is 0 Å². The summed E-state index contributed by atoms with van der Waals surface area (Å²) in [6, 6.07) is 20.5. The number of anilines is 2. The number of aryl methyl sites for hydroxylation is 1. The zero-order valence-electron chi connectivity index (χ0n) is 15.4. The lowest BCUT2D eigenvalue weighted by Crippen LogP contribution is -2.15. The van der Waals surface area contributed by atoms with Crippen molar-refractivity contribution in [2.24, 2.45) is 0 Å². The summed E-state index contributed by atoms with van der Waals surface area (Å²) in [5.41, 5.74) is 2.50. The van der Waals surface area contributed by atoms with Crippen molar-refractivity contribution >= 4 is 48.3 Å². The summed E-state index contributed by atoms with van der Waals surface area (Å²) in [5, 5.41) is 3.25. The van der Waals surface area contributed by atoms with E-state index in [9.17, 15) is 13.2 Å². The van der Waals surface area contributed by atoms with E-state index in [1.54, 1.807) is 12.1 Å². The van der Waals surface area contributed by atoms with Gasteiger partial charge in [-0.3, -0.25) is 14.8 Å². The van der Waals surface area contributed by atoms with Crippen LogP contribution in [0.2, 0.25) is 0 Å². The maximum atomic E-state index is 12.6. The number of nitrogens with one attached hydrogen (secondary N) is 2. The number of carbonyl (C=O) groups is 1. The number of aromatic nitrogens is 1. The van der Waals surface area contributed by atoms with Gasteiger partial charge in [0.1, 0.15) is 0 Å². The van der Waals surface area contributed by atoms with Crippen LogP contribution in [0.1, 0.15) is 15.9 Å². The number of hydrogen-bond acceptors (Lipinski definition) is 5. The van der Waals surface area contributed by atoms with Gasteiger partial charge in [0.25, 0.3) is 15.9 Å². The topological polar surface area (TPSA) is 88.2 Å². The van der Waals surface area contributed by atoms with Crippen LogP contribution in [0.4, 0.5) is 10.8 Å². The van der Waals surface area contributed by atoms with Crippen molar-refractivity contribution in [3.05, 3.63) is 83.9 Å².